The fourth-order valence-corrected chi connectivity index (χ4v) is 9.09. The first kappa shape index (κ1) is 19.8. The first-order valence-electron chi connectivity index (χ1n) is 12.0. The highest BCUT2D eigenvalue weighted by Crippen LogP contribution is 2.77. The highest BCUT2D eigenvalue weighted by atomic mass is 14.7. The maximum absolute atomic E-state index is 2.73. The van der Waals surface area contributed by atoms with Gasteiger partial charge in [-0.3, -0.25) is 0 Å². The summed E-state index contributed by atoms with van der Waals surface area (Å²) < 4.78 is 0. The van der Waals surface area contributed by atoms with Crippen molar-refractivity contribution in [2.75, 3.05) is 0 Å². The summed E-state index contributed by atoms with van der Waals surface area (Å²) in [6.07, 6.45) is 17.8. The first-order valence-corrected chi connectivity index (χ1v) is 12.0. The van der Waals surface area contributed by atoms with Gasteiger partial charge < -0.3 is 0 Å². The van der Waals surface area contributed by atoms with Crippen LogP contribution in [0.5, 0.6) is 0 Å². The van der Waals surface area contributed by atoms with Crippen LogP contribution in [0.25, 0.3) is 0 Å². The molecule has 3 fully saturated rings. The Kier molecular flexibility index (Phi) is 4.57. The van der Waals surface area contributed by atoms with Crippen molar-refractivity contribution in [1.82, 2.24) is 0 Å². The number of fused-ring (bicyclic) bond motifs is 5. The molecule has 4 rings (SSSR count). The summed E-state index contributed by atoms with van der Waals surface area (Å²) in [4.78, 5) is 0. The van der Waals surface area contributed by atoms with Gasteiger partial charge in [0.2, 0.25) is 0 Å². The van der Waals surface area contributed by atoms with Gasteiger partial charge in [0.25, 0.3) is 0 Å². The number of rotatable bonds is 2. The molecule has 4 aliphatic carbocycles. The largest absolute Gasteiger partial charge is 0.0856 e. The molecule has 0 heteroatoms. The molecule has 0 radical (unpaired) electrons. The standard InChI is InChI=1S/C27H44/c1-8-9-20(3)22-12-17-27(7)25(22,5)16-13-23-24(4)14-10-19(2)18-21(24)11-15-26(23,27)6/h9,18-19,22-23H,8,10-17H2,1-7H3/b20-9+/t19?,22-,23-,24+,25-,26-,27-/m1/s1. The maximum Gasteiger partial charge on any atom is -0.00824 e. The summed E-state index contributed by atoms with van der Waals surface area (Å²) in [6.45, 7) is 18.0. The quantitative estimate of drug-likeness (QED) is 0.430. The second-order valence-corrected chi connectivity index (χ2v) is 11.8. The monoisotopic (exact) mass is 368 g/mol. The number of allylic oxidation sites excluding steroid dienone is 4. The molecule has 0 saturated heterocycles. The van der Waals surface area contributed by atoms with Crippen LogP contribution >= 0.6 is 0 Å². The summed E-state index contributed by atoms with van der Waals surface area (Å²) >= 11 is 0. The van der Waals surface area contributed by atoms with Crippen molar-refractivity contribution in [2.24, 2.45) is 39.4 Å². The van der Waals surface area contributed by atoms with Gasteiger partial charge in [-0.05, 0) is 104 Å². The molecular formula is C27H44. The third-order valence-corrected chi connectivity index (χ3v) is 11.0. The molecule has 3 saturated carbocycles. The summed E-state index contributed by atoms with van der Waals surface area (Å²) in [5, 5.41) is 0. The van der Waals surface area contributed by atoms with E-state index in [1.165, 1.54) is 57.8 Å². The van der Waals surface area contributed by atoms with E-state index in [-0.39, 0.29) is 0 Å². The zero-order valence-electron chi connectivity index (χ0n) is 19.3. The lowest BCUT2D eigenvalue weighted by Crippen LogP contribution is -2.61. The molecule has 0 nitrogen and oxygen atoms in total. The summed E-state index contributed by atoms with van der Waals surface area (Å²) in [5.74, 6) is 2.51. The van der Waals surface area contributed by atoms with Crippen LogP contribution in [0.3, 0.4) is 0 Å². The Morgan fingerprint density at radius 1 is 1.00 bits per heavy atom. The topological polar surface area (TPSA) is 0 Å². The van der Waals surface area contributed by atoms with Crippen LogP contribution in [0.2, 0.25) is 0 Å². The molecule has 0 aromatic rings. The lowest BCUT2D eigenvalue weighted by molar-refractivity contribution is -0.172. The molecule has 1 unspecified atom stereocenters. The Morgan fingerprint density at radius 2 is 1.74 bits per heavy atom. The van der Waals surface area contributed by atoms with E-state index in [1.807, 2.05) is 5.57 Å². The summed E-state index contributed by atoms with van der Waals surface area (Å²) in [6, 6.07) is 0. The predicted octanol–water partition coefficient (Wildman–Crippen LogP) is 8.34. The van der Waals surface area contributed by atoms with Crippen molar-refractivity contribution in [3.05, 3.63) is 23.3 Å². The van der Waals surface area contributed by atoms with Crippen LogP contribution in [0.15, 0.2) is 23.3 Å². The van der Waals surface area contributed by atoms with E-state index in [0.29, 0.717) is 21.7 Å². The van der Waals surface area contributed by atoms with Gasteiger partial charge in [0.05, 0.1) is 0 Å². The second kappa shape index (κ2) is 6.24. The molecular weight excluding hydrogens is 324 g/mol. The fraction of sp³-hybridized carbons (Fsp3) is 0.852. The minimum atomic E-state index is 0.482. The van der Waals surface area contributed by atoms with Crippen LogP contribution in [-0.2, 0) is 0 Å². The van der Waals surface area contributed by atoms with Crippen LogP contribution in [0.4, 0.5) is 0 Å². The van der Waals surface area contributed by atoms with E-state index < -0.39 is 0 Å². The van der Waals surface area contributed by atoms with E-state index in [0.717, 1.165) is 17.8 Å². The predicted molar refractivity (Wildman–Crippen MR) is 118 cm³/mol. The van der Waals surface area contributed by atoms with Crippen molar-refractivity contribution in [2.45, 2.75) is 106 Å². The lowest BCUT2D eigenvalue weighted by atomic mass is 9.36. The molecule has 0 bridgehead atoms. The average molecular weight is 369 g/mol. The van der Waals surface area contributed by atoms with Crippen molar-refractivity contribution in [3.8, 4) is 0 Å². The van der Waals surface area contributed by atoms with E-state index in [2.05, 4.69) is 60.6 Å². The Morgan fingerprint density at radius 3 is 2.44 bits per heavy atom. The maximum atomic E-state index is 2.73. The van der Waals surface area contributed by atoms with Crippen LogP contribution in [0.1, 0.15) is 106 Å². The first-order chi connectivity index (χ1) is 12.6. The number of hydrogen-bond donors (Lipinski definition) is 0. The third-order valence-electron chi connectivity index (χ3n) is 11.0. The minimum absolute atomic E-state index is 0.482. The highest BCUT2D eigenvalue weighted by Gasteiger charge is 2.69. The van der Waals surface area contributed by atoms with Gasteiger partial charge in [-0.25, -0.2) is 0 Å². The van der Waals surface area contributed by atoms with Crippen molar-refractivity contribution in [1.29, 1.82) is 0 Å². The van der Waals surface area contributed by atoms with Crippen LogP contribution in [0, 0.1) is 39.4 Å². The Bertz CT molecular complexity index is 668. The van der Waals surface area contributed by atoms with Gasteiger partial charge in [0.15, 0.2) is 0 Å². The SMILES string of the molecule is CC/C=C(\C)[C@H]1CC[C@]2(C)[C@]1(C)CC[C@@H]1[C@@]3(C)CCC(C)C=C3CC[C@]12C. The van der Waals surface area contributed by atoms with Gasteiger partial charge >= 0.3 is 0 Å². The Hall–Kier alpha value is -0.520. The normalized spacial score (nSPS) is 52.6. The highest BCUT2D eigenvalue weighted by molar-refractivity contribution is 5.30. The Balaban J connectivity index is 1.75. The van der Waals surface area contributed by atoms with Crippen molar-refractivity contribution < 1.29 is 0 Å². The zero-order chi connectivity index (χ0) is 19.7. The van der Waals surface area contributed by atoms with Gasteiger partial charge in [-0.1, -0.05) is 64.8 Å². The molecule has 152 valence electrons. The van der Waals surface area contributed by atoms with Crippen molar-refractivity contribution >= 4 is 0 Å². The molecule has 4 aliphatic rings. The Labute approximate surface area is 169 Å². The minimum Gasteiger partial charge on any atom is -0.0856 e. The van der Waals surface area contributed by atoms with Gasteiger partial charge in [0, 0.05) is 0 Å². The van der Waals surface area contributed by atoms with Gasteiger partial charge in [-0.2, -0.15) is 0 Å². The lowest BCUT2D eigenvalue weighted by Gasteiger charge is -2.68. The van der Waals surface area contributed by atoms with E-state index >= 15 is 0 Å². The second-order valence-electron chi connectivity index (χ2n) is 11.8. The number of hydrogen-bond acceptors (Lipinski definition) is 0. The molecule has 0 spiro atoms. The molecule has 0 aromatic carbocycles. The third kappa shape index (κ3) is 2.40. The van der Waals surface area contributed by atoms with Crippen molar-refractivity contribution in [3.63, 3.8) is 0 Å². The smallest absolute Gasteiger partial charge is 0.00824 e. The van der Waals surface area contributed by atoms with Gasteiger partial charge in [0.1, 0.15) is 0 Å². The van der Waals surface area contributed by atoms with E-state index in [1.54, 1.807) is 5.57 Å². The van der Waals surface area contributed by atoms with Crippen LogP contribution < -0.4 is 0 Å². The van der Waals surface area contributed by atoms with E-state index in [9.17, 15) is 0 Å². The summed E-state index contributed by atoms with van der Waals surface area (Å²) in [7, 11) is 0. The zero-order valence-corrected chi connectivity index (χ0v) is 19.3. The molecule has 7 atom stereocenters. The van der Waals surface area contributed by atoms with E-state index in [4.69, 9.17) is 0 Å². The molecule has 0 heterocycles. The molecule has 0 N–H and O–H groups in total. The fourth-order valence-electron chi connectivity index (χ4n) is 9.09. The van der Waals surface area contributed by atoms with Crippen LogP contribution in [-0.4, -0.2) is 0 Å². The average Bonchev–Trinajstić information content (AvgIpc) is 2.89. The molecule has 0 aliphatic heterocycles. The van der Waals surface area contributed by atoms with Gasteiger partial charge in [-0.15, -0.1) is 0 Å². The summed E-state index contributed by atoms with van der Waals surface area (Å²) in [5.41, 5.74) is 5.51. The molecule has 0 aromatic heterocycles. The molecule has 27 heavy (non-hydrogen) atoms. The molecule has 0 amide bonds.